The number of carbonyl (C=O) groups is 1. The van der Waals surface area contributed by atoms with Crippen LogP contribution in [0.15, 0.2) is 53.6 Å². The Bertz CT molecular complexity index is 1330. The smallest absolute Gasteiger partial charge is 0.416 e. The van der Waals surface area contributed by atoms with Gasteiger partial charge in [0.2, 0.25) is 0 Å². The number of aromatic nitrogens is 2. The third kappa shape index (κ3) is 5.11. The summed E-state index contributed by atoms with van der Waals surface area (Å²) in [6.07, 6.45) is -2.83. The summed E-state index contributed by atoms with van der Waals surface area (Å²) in [5, 5.41) is 7.63. The topological polar surface area (TPSA) is 89.5 Å². The lowest BCUT2D eigenvalue weighted by atomic mass is 10.0. The number of nitrogens with zero attached hydrogens (tertiary/aromatic N) is 3. The van der Waals surface area contributed by atoms with Crippen molar-refractivity contribution in [3.63, 3.8) is 0 Å². The molecule has 0 spiro atoms. The van der Waals surface area contributed by atoms with E-state index in [1.54, 1.807) is 0 Å². The Labute approximate surface area is 186 Å². The summed E-state index contributed by atoms with van der Waals surface area (Å²) in [5.74, 6) is -1.47. The molecule has 0 bridgehead atoms. The molecule has 1 heterocycles. The van der Waals surface area contributed by atoms with Crippen LogP contribution in [0.3, 0.4) is 0 Å². The quantitative estimate of drug-likeness (QED) is 0.510. The van der Waals surface area contributed by atoms with Gasteiger partial charge in [-0.1, -0.05) is 0 Å². The third-order valence-corrected chi connectivity index (χ3v) is 5.78. The molecule has 0 N–H and O–H groups in total. The van der Waals surface area contributed by atoms with Gasteiger partial charge >= 0.3 is 6.18 Å². The van der Waals surface area contributed by atoms with Crippen molar-refractivity contribution in [3.05, 3.63) is 65.6 Å². The summed E-state index contributed by atoms with van der Waals surface area (Å²) >= 11 is 0. The van der Waals surface area contributed by atoms with Gasteiger partial charge in [-0.3, -0.25) is 9.69 Å². The molecule has 1 amide bonds. The standard InChI is InChI=1S/C21H17F4N3O4S/c1-28(19-17(6-7-26-27-19)16-5-4-14(22)11-18(16)32-2)20(29)12-8-13(21(23,24)25)10-15(9-12)33(3,30)31/h4-11H,1-3H3. The number of methoxy groups -OCH3 is 1. The average molecular weight is 483 g/mol. The van der Waals surface area contributed by atoms with Crippen LogP contribution < -0.4 is 9.64 Å². The number of hydrogen-bond acceptors (Lipinski definition) is 6. The second kappa shape index (κ2) is 8.77. The minimum atomic E-state index is -4.88. The molecule has 12 heteroatoms. The molecular weight excluding hydrogens is 466 g/mol. The second-order valence-electron chi connectivity index (χ2n) is 6.99. The highest BCUT2D eigenvalue weighted by Crippen LogP contribution is 2.36. The fourth-order valence-corrected chi connectivity index (χ4v) is 3.74. The molecule has 0 aliphatic rings. The second-order valence-corrected chi connectivity index (χ2v) is 9.01. The van der Waals surface area contributed by atoms with Gasteiger partial charge in [0, 0.05) is 36.1 Å². The summed E-state index contributed by atoms with van der Waals surface area (Å²) in [4.78, 5) is 13.4. The minimum absolute atomic E-state index is 0.0641. The van der Waals surface area contributed by atoms with Crippen LogP contribution in [0.4, 0.5) is 23.4 Å². The van der Waals surface area contributed by atoms with Crippen molar-refractivity contribution in [2.75, 3.05) is 25.3 Å². The highest BCUT2D eigenvalue weighted by molar-refractivity contribution is 7.90. The van der Waals surface area contributed by atoms with E-state index in [2.05, 4.69) is 10.2 Å². The molecule has 7 nitrogen and oxygen atoms in total. The minimum Gasteiger partial charge on any atom is -0.496 e. The number of hydrogen-bond donors (Lipinski definition) is 0. The first-order valence-corrected chi connectivity index (χ1v) is 11.1. The van der Waals surface area contributed by atoms with Crippen molar-refractivity contribution in [2.24, 2.45) is 0 Å². The van der Waals surface area contributed by atoms with Gasteiger partial charge in [0.15, 0.2) is 15.7 Å². The monoisotopic (exact) mass is 483 g/mol. The van der Waals surface area contributed by atoms with Crippen LogP contribution >= 0.6 is 0 Å². The lowest BCUT2D eigenvalue weighted by Gasteiger charge is -2.20. The number of rotatable bonds is 5. The maximum atomic E-state index is 13.6. The third-order valence-electron chi connectivity index (χ3n) is 4.69. The fraction of sp³-hybridized carbons (Fsp3) is 0.190. The van der Waals surface area contributed by atoms with Gasteiger partial charge in [-0.05, 0) is 36.4 Å². The van der Waals surface area contributed by atoms with E-state index < -0.39 is 43.8 Å². The van der Waals surface area contributed by atoms with E-state index in [1.165, 1.54) is 32.5 Å². The average Bonchev–Trinajstić information content (AvgIpc) is 2.76. The first kappa shape index (κ1) is 24.1. The highest BCUT2D eigenvalue weighted by Gasteiger charge is 2.33. The summed E-state index contributed by atoms with van der Waals surface area (Å²) in [6.45, 7) is 0. The van der Waals surface area contributed by atoms with E-state index in [0.29, 0.717) is 17.7 Å². The molecule has 0 unspecified atom stereocenters. The van der Waals surface area contributed by atoms with Crippen LogP contribution in [0.2, 0.25) is 0 Å². The summed E-state index contributed by atoms with van der Waals surface area (Å²) in [6, 6.07) is 7.01. The van der Waals surface area contributed by atoms with E-state index in [9.17, 15) is 30.8 Å². The van der Waals surface area contributed by atoms with E-state index >= 15 is 0 Å². The Morgan fingerprint density at radius 1 is 1.06 bits per heavy atom. The maximum absolute atomic E-state index is 13.6. The molecule has 0 aliphatic carbocycles. The van der Waals surface area contributed by atoms with Crippen LogP contribution in [0.1, 0.15) is 15.9 Å². The molecule has 0 fully saturated rings. The number of ether oxygens (including phenoxy) is 1. The molecule has 3 aromatic rings. The Morgan fingerprint density at radius 2 is 1.76 bits per heavy atom. The lowest BCUT2D eigenvalue weighted by Crippen LogP contribution is -2.28. The van der Waals surface area contributed by atoms with Crippen molar-refractivity contribution >= 4 is 21.6 Å². The van der Waals surface area contributed by atoms with Crippen molar-refractivity contribution in [2.45, 2.75) is 11.1 Å². The fourth-order valence-electron chi connectivity index (χ4n) is 3.06. The number of carbonyl (C=O) groups excluding carboxylic acids is 1. The van der Waals surface area contributed by atoms with Crippen LogP contribution in [0.25, 0.3) is 11.1 Å². The number of sulfone groups is 1. The molecule has 33 heavy (non-hydrogen) atoms. The van der Waals surface area contributed by atoms with E-state index in [1.807, 2.05) is 0 Å². The Balaban J connectivity index is 2.14. The molecule has 0 saturated heterocycles. The van der Waals surface area contributed by atoms with E-state index in [0.717, 1.165) is 29.4 Å². The molecule has 0 saturated carbocycles. The first-order chi connectivity index (χ1) is 15.3. The van der Waals surface area contributed by atoms with E-state index in [-0.39, 0.29) is 17.1 Å². The largest absolute Gasteiger partial charge is 0.496 e. The Morgan fingerprint density at radius 3 is 2.36 bits per heavy atom. The maximum Gasteiger partial charge on any atom is 0.416 e. The van der Waals surface area contributed by atoms with Gasteiger partial charge in [0.25, 0.3) is 5.91 Å². The number of alkyl halides is 3. The van der Waals surface area contributed by atoms with Crippen molar-refractivity contribution in [1.82, 2.24) is 10.2 Å². The molecule has 3 rings (SSSR count). The predicted molar refractivity (Wildman–Crippen MR) is 111 cm³/mol. The van der Waals surface area contributed by atoms with Gasteiger partial charge in [-0.25, -0.2) is 12.8 Å². The summed E-state index contributed by atoms with van der Waals surface area (Å²) in [5.41, 5.74) is -1.17. The molecule has 0 radical (unpaired) electrons. The van der Waals surface area contributed by atoms with Gasteiger partial charge < -0.3 is 4.74 Å². The van der Waals surface area contributed by atoms with Crippen molar-refractivity contribution in [1.29, 1.82) is 0 Å². The molecule has 1 aromatic heterocycles. The first-order valence-electron chi connectivity index (χ1n) is 9.19. The molecule has 2 aromatic carbocycles. The molecule has 0 atom stereocenters. The van der Waals surface area contributed by atoms with Gasteiger partial charge in [-0.15, -0.1) is 5.10 Å². The predicted octanol–water partition coefficient (Wildman–Crippen LogP) is 3.99. The van der Waals surface area contributed by atoms with Gasteiger partial charge in [-0.2, -0.15) is 18.3 Å². The summed E-state index contributed by atoms with van der Waals surface area (Å²) in [7, 11) is -1.49. The van der Waals surface area contributed by atoms with Crippen LogP contribution in [0, 0.1) is 5.82 Å². The highest BCUT2D eigenvalue weighted by atomic mass is 32.2. The van der Waals surface area contributed by atoms with Crippen molar-refractivity contribution < 1.29 is 35.5 Å². The zero-order chi connectivity index (χ0) is 24.6. The zero-order valence-electron chi connectivity index (χ0n) is 17.5. The van der Waals surface area contributed by atoms with Crippen LogP contribution in [-0.4, -0.2) is 44.9 Å². The van der Waals surface area contributed by atoms with Crippen LogP contribution in [-0.2, 0) is 16.0 Å². The normalized spacial score (nSPS) is 11.8. The number of benzene rings is 2. The van der Waals surface area contributed by atoms with E-state index in [4.69, 9.17) is 4.74 Å². The SMILES string of the molecule is COc1cc(F)ccc1-c1ccnnc1N(C)C(=O)c1cc(C(F)(F)F)cc(S(C)(=O)=O)c1. The summed E-state index contributed by atoms with van der Waals surface area (Å²) < 4.78 is 82.6. The number of amides is 1. The Kier molecular flexibility index (Phi) is 6.41. The lowest BCUT2D eigenvalue weighted by molar-refractivity contribution is -0.137. The van der Waals surface area contributed by atoms with Gasteiger partial charge in [0.05, 0.1) is 23.8 Å². The molecule has 0 aliphatic heterocycles. The number of halogens is 4. The van der Waals surface area contributed by atoms with Crippen LogP contribution in [0.5, 0.6) is 5.75 Å². The van der Waals surface area contributed by atoms with Gasteiger partial charge in [0.1, 0.15) is 11.6 Å². The number of anilines is 1. The zero-order valence-corrected chi connectivity index (χ0v) is 18.3. The Hall–Kier alpha value is -3.54. The molecule has 174 valence electrons. The molecular formula is C21H17F4N3O4S. The van der Waals surface area contributed by atoms with Crippen molar-refractivity contribution in [3.8, 4) is 16.9 Å².